The summed E-state index contributed by atoms with van der Waals surface area (Å²) in [7, 11) is 0. The van der Waals surface area contributed by atoms with Crippen LogP contribution in [0.15, 0.2) is 46.9 Å². The molecule has 0 aromatic heterocycles. The van der Waals surface area contributed by atoms with Crippen molar-refractivity contribution in [1.82, 2.24) is 0 Å². The summed E-state index contributed by atoms with van der Waals surface area (Å²) in [5, 5.41) is 14.3. The van der Waals surface area contributed by atoms with Crippen LogP contribution in [-0.2, 0) is 4.79 Å². The molecule has 2 aromatic carbocycles. The molecule has 2 N–H and O–H groups in total. The molecule has 2 aromatic rings. The molecule has 0 aliphatic rings. The van der Waals surface area contributed by atoms with Crippen molar-refractivity contribution in [3.05, 3.63) is 58.3 Å². The van der Waals surface area contributed by atoms with Gasteiger partial charge in [0.1, 0.15) is 5.82 Å². The highest BCUT2D eigenvalue weighted by Crippen LogP contribution is 2.23. The fraction of sp³-hybridized carbons (Fsp3) is 0.0667. The lowest BCUT2D eigenvalue weighted by Gasteiger charge is -2.09. The second kappa shape index (κ2) is 6.86. The lowest BCUT2D eigenvalue weighted by molar-refractivity contribution is -0.114. The van der Waals surface area contributed by atoms with Crippen LogP contribution in [-0.4, -0.2) is 12.5 Å². The highest BCUT2D eigenvalue weighted by Gasteiger charge is 2.05. The molecule has 0 unspecified atom stereocenters. The second-order valence-corrected chi connectivity index (χ2v) is 5.07. The van der Waals surface area contributed by atoms with Crippen LogP contribution in [0.1, 0.15) is 5.56 Å². The van der Waals surface area contributed by atoms with E-state index in [0.29, 0.717) is 21.4 Å². The van der Waals surface area contributed by atoms with E-state index >= 15 is 0 Å². The number of nitrogens with one attached hydrogen (secondary N) is 2. The fourth-order valence-electron chi connectivity index (χ4n) is 1.67. The molecule has 1 amide bonds. The van der Waals surface area contributed by atoms with Gasteiger partial charge in [-0.15, -0.1) is 0 Å². The lowest BCUT2D eigenvalue weighted by Crippen LogP contribution is -2.21. The average Bonchev–Trinajstić information content (AvgIpc) is 2.46. The Hall–Kier alpha value is -2.39. The minimum atomic E-state index is -0.407. The highest BCUT2D eigenvalue weighted by molar-refractivity contribution is 9.10. The Bertz CT molecular complexity index is 712. The van der Waals surface area contributed by atoms with E-state index in [0.717, 1.165) is 0 Å². The summed E-state index contributed by atoms with van der Waals surface area (Å²) >= 11 is 3.32. The van der Waals surface area contributed by atoms with Gasteiger partial charge < -0.3 is 10.6 Å². The Labute approximate surface area is 129 Å². The Kier molecular flexibility index (Phi) is 4.90. The zero-order valence-corrected chi connectivity index (χ0v) is 12.4. The molecule has 0 saturated carbocycles. The van der Waals surface area contributed by atoms with E-state index in [4.69, 9.17) is 5.26 Å². The third kappa shape index (κ3) is 4.29. The molecule has 6 heteroatoms. The predicted octanol–water partition coefficient (Wildman–Crippen LogP) is 3.51. The monoisotopic (exact) mass is 347 g/mol. The highest BCUT2D eigenvalue weighted by atomic mass is 79.9. The first-order valence-corrected chi connectivity index (χ1v) is 6.87. The molecule has 21 heavy (non-hydrogen) atoms. The van der Waals surface area contributed by atoms with Crippen molar-refractivity contribution in [2.24, 2.45) is 0 Å². The van der Waals surface area contributed by atoms with E-state index in [1.54, 1.807) is 24.3 Å². The van der Waals surface area contributed by atoms with Gasteiger partial charge in [0.05, 0.1) is 18.2 Å². The number of amides is 1. The van der Waals surface area contributed by atoms with Gasteiger partial charge in [0.15, 0.2) is 0 Å². The predicted molar refractivity (Wildman–Crippen MR) is 82.4 cm³/mol. The maximum atomic E-state index is 13.0. The van der Waals surface area contributed by atoms with Gasteiger partial charge in [0, 0.05) is 15.8 Å². The number of benzene rings is 2. The topological polar surface area (TPSA) is 64.9 Å². The van der Waals surface area contributed by atoms with E-state index in [-0.39, 0.29) is 12.5 Å². The molecule has 0 spiro atoms. The smallest absolute Gasteiger partial charge is 0.243 e. The van der Waals surface area contributed by atoms with Crippen LogP contribution in [0.3, 0.4) is 0 Å². The minimum Gasteiger partial charge on any atom is -0.375 e. The number of rotatable bonds is 4. The maximum Gasteiger partial charge on any atom is 0.243 e. The van der Waals surface area contributed by atoms with Gasteiger partial charge in [-0.05, 0) is 52.3 Å². The van der Waals surface area contributed by atoms with Crippen molar-refractivity contribution < 1.29 is 9.18 Å². The molecule has 0 aliphatic heterocycles. The normalized spacial score (nSPS) is 9.76. The van der Waals surface area contributed by atoms with Gasteiger partial charge >= 0.3 is 0 Å². The Balaban J connectivity index is 1.94. The van der Waals surface area contributed by atoms with Gasteiger partial charge in [-0.2, -0.15) is 5.26 Å². The van der Waals surface area contributed by atoms with E-state index < -0.39 is 5.82 Å². The largest absolute Gasteiger partial charge is 0.375 e. The quantitative estimate of drug-likeness (QED) is 0.889. The summed E-state index contributed by atoms with van der Waals surface area (Å²) in [5.41, 5.74) is 1.63. The lowest BCUT2D eigenvalue weighted by atomic mass is 10.2. The summed E-state index contributed by atoms with van der Waals surface area (Å²) in [4.78, 5) is 11.8. The number of hydrogen-bond acceptors (Lipinski definition) is 3. The molecule has 0 radical (unpaired) electrons. The van der Waals surface area contributed by atoms with Crippen molar-refractivity contribution in [3.63, 3.8) is 0 Å². The van der Waals surface area contributed by atoms with Gasteiger partial charge in [-0.3, -0.25) is 4.79 Å². The maximum absolute atomic E-state index is 13.0. The molecule has 0 atom stereocenters. The molecular formula is C15H11BrFN3O. The Morgan fingerprint density at radius 2 is 2.10 bits per heavy atom. The van der Waals surface area contributed by atoms with Crippen LogP contribution in [0.25, 0.3) is 0 Å². The summed E-state index contributed by atoms with van der Waals surface area (Å²) in [6, 6.07) is 12.7. The Morgan fingerprint density at radius 1 is 1.29 bits per heavy atom. The van der Waals surface area contributed by atoms with E-state index in [1.807, 2.05) is 6.07 Å². The van der Waals surface area contributed by atoms with Crippen molar-refractivity contribution in [2.75, 3.05) is 17.2 Å². The van der Waals surface area contributed by atoms with Crippen molar-refractivity contribution in [1.29, 1.82) is 5.26 Å². The summed E-state index contributed by atoms with van der Waals surface area (Å²) in [6.07, 6.45) is 0. The third-order valence-electron chi connectivity index (χ3n) is 2.65. The first kappa shape index (κ1) is 15.0. The number of anilines is 2. The van der Waals surface area contributed by atoms with E-state index in [1.165, 1.54) is 18.2 Å². The number of hydrogen-bond donors (Lipinski definition) is 2. The molecule has 106 valence electrons. The van der Waals surface area contributed by atoms with Crippen molar-refractivity contribution >= 4 is 33.2 Å². The SMILES string of the molecule is N#Cc1ccc(NCC(=O)Nc2cccc(F)c2)c(Br)c1. The van der Waals surface area contributed by atoms with Crippen molar-refractivity contribution in [2.45, 2.75) is 0 Å². The molecule has 0 aliphatic carbocycles. The molecule has 0 bridgehead atoms. The molecule has 4 nitrogen and oxygen atoms in total. The van der Waals surface area contributed by atoms with Gasteiger partial charge in [-0.25, -0.2) is 4.39 Å². The molecule has 0 fully saturated rings. The van der Waals surface area contributed by atoms with Crippen LogP contribution in [0.4, 0.5) is 15.8 Å². The zero-order valence-electron chi connectivity index (χ0n) is 10.9. The van der Waals surface area contributed by atoms with Crippen molar-refractivity contribution in [3.8, 4) is 6.07 Å². The van der Waals surface area contributed by atoms with Crippen LogP contribution in [0.2, 0.25) is 0 Å². The molecule has 2 rings (SSSR count). The van der Waals surface area contributed by atoms with Crippen LogP contribution in [0, 0.1) is 17.1 Å². The van der Waals surface area contributed by atoms with Crippen LogP contribution in [0.5, 0.6) is 0 Å². The summed E-state index contributed by atoms with van der Waals surface area (Å²) in [5.74, 6) is -0.701. The first-order valence-electron chi connectivity index (χ1n) is 6.07. The van der Waals surface area contributed by atoms with E-state index in [9.17, 15) is 9.18 Å². The molecule has 0 saturated heterocycles. The van der Waals surface area contributed by atoms with Gasteiger partial charge in [-0.1, -0.05) is 6.07 Å². The Morgan fingerprint density at radius 3 is 2.76 bits per heavy atom. The van der Waals surface area contributed by atoms with Gasteiger partial charge in [0.2, 0.25) is 5.91 Å². The second-order valence-electron chi connectivity index (χ2n) is 4.22. The number of carbonyl (C=O) groups excluding carboxylic acids is 1. The standard InChI is InChI=1S/C15H11BrFN3O/c16-13-6-10(8-18)4-5-14(13)19-9-15(21)20-12-3-1-2-11(17)7-12/h1-7,19H,9H2,(H,20,21). The van der Waals surface area contributed by atoms with Crippen LogP contribution >= 0.6 is 15.9 Å². The number of halogens is 2. The minimum absolute atomic E-state index is 0.0288. The number of nitriles is 1. The van der Waals surface area contributed by atoms with Crippen LogP contribution < -0.4 is 10.6 Å². The third-order valence-corrected chi connectivity index (χ3v) is 3.30. The van der Waals surface area contributed by atoms with Gasteiger partial charge in [0.25, 0.3) is 0 Å². The number of nitrogens with zero attached hydrogens (tertiary/aromatic N) is 1. The summed E-state index contributed by atoms with van der Waals surface area (Å²) < 4.78 is 13.7. The molecular weight excluding hydrogens is 337 g/mol. The molecule has 0 heterocycles. The average molecular weight is 348 g/mol. The number of carbonyl (C=O) groups is 1. The first-order chi connectivity index (χ1) is 10.1. The summed E-state index contributed by atoms with van der Waals surface area (Å²) in [6.45, 7) is 0.0288. The fourth-order valence-corrected chi connectivity index (χ4v) is 2.19. The van der Waals surface area contributed by atoms with E-state index in [2.05, 4.69) is 26.6 Å². The zero-order chi connectivity index (χ0) is 15.2.